The monoisotopic (exact) mass is 810 g/mol. The first-order chi connectivity index (χ1) is 30.5. The van der Waals surface area contributed by atoms with Gasteiger partial charge in [-0.3, -0.25) is 0 Å². The SMILES string of the molecule is CC(C)(C)c1ccc2c(c1)-c1cc(C(C)(C)C)ccc1C21c2ccc(N(c3ccccc3)c3ccccc3)c3ccc4c(c23)c2c1cccc2n4-c1ccc(-c2ccccc2)cc1. The number of anilines is 3. The number of aromatic nitrogens is 1. The Balaban J connectivity index is 1.23. The van der Waals surface area contributed by atoms with Gasteiger partial charge < -0.3 is 9.47 Å². The van der Waals surface area contributed by atoms with E-state index in [1.807, 2.05) is 0 Å². The Hall–Kier alpha value is -7.16. The van der Waals surface area contributed by atoms with Crippen molar-refractivity contribution in [2.75, 3.05) is 4.90 Å². The molecule has 0 fully saturated rings. The molecule has 63 heavy (non-hydrogen) atoms. The van der Waals surface area contributed by atoms with E-state index in [9.17, 15) is 0 Å². The van der Waals surface area contributed by atoms with Crippen LogP contribution in [0.2, 0.25) is 0 Å². The van der Waals surface area contributed by atoms with Crippen LogP contribution in [-0.2, 0) is 16.2 Å². The quantitative estimate of drug-likeness (QED) is 0.168. The Morgan fingerprint density at radius 1 is 0.397 bits per heavy atom. The Kier molecular flexibility index (Phi) is 8.01. The number of fused-ring (bicyclic) bond motifs is 7. The molecule has 0 bridgehead atoms. The first-order valence-electron chi connectivity index (χ1n) is 22.4. The third kappa shape index (κ3) is 5.37. The number of benzene rings is 9. The summed E-state index contributed by atoms with van der Waals surface area (Å²) < 4.78 is 2.52. The van der Waals surface area contributed by atoms with Gasteiger partial charge in [-0.1, -0.05) is 181 Å². The summed E-state index contributed by atoms with van der Waals surface area (Å²) in [6, 6.07) is 73.1. The van der Waals surface area contributed by atoms with Gasteiger partial charge in [0.2, 0.25) is 0 Å². The van der Waals surface area contributed by atoms with E-state index >= 15 is 0 Å². The van der Waals surface area contributed by atoms with Crippen LogP contribution in [0.5, 0.6) is 0 Å². The molecule has 9 aromatic carbocycles. The van der Waals surface area contributed by atoms with Gasteiger partial charge in [0.1, 0.15) is 0 Å². The summed E-state index contributed by atoms with van der Waals surface area (Å²) in [4.78, 5) is 2.44. The van der Waals surface area contributed by atoms with E-state index in [-0.39, 0.29) is 10.8 Å². The third-order valence-electron chi connectivity index (χ3n) is 14.1. The lowest BCUT2D eigenvalue weighted by atomic mass is 9.62. The molecule has 0 radical (unpaired) electrons. The highest BCUT2D eigenvalue weighted by atomic mass is 15.1. The van der Waals surface area contributed by atoms with E-state index < -0.39 is 5.41 Å². The predicted octanol–water partition coefficient (Wildman–Crippen LogP) is 16.3. The van der Waals surface area contributed by atoms with Crippen LogP contribution in [-0.4, -0.2) is 4.57 Å². The molecule has 304 valence electrons. The summed E-state index contributed by atoms with van der Waals surface area (Å²) in [6.45, 7) is 14.0. The maximum Gasteiger partial charge on any atom is 0.0726 e. The maximum atomic E-state index is 2.52. The van der Waals surface area contributed by atoms with E-state index in [4.69, 9.17) is 0 Å². The minimum atomic E-state index is -0.553. The molecule has 2 nitrogen and oxygen atoms in total. The van der Waals surface area contributed by atoms with Crippen LogP contribution in [0.15, 0.2) is 194 Å². The second kappa shape index (κ2) is 13.4. The topological polar surface area (TPSA) is 8.17 Å². The zero-order valence-corrected chi connectivity index (χ0v) is 36.9. The fourth-order valence-electron chi connectivity index (χ4n) is 11.1. The number of rotatable bonds is 5. The van der Waals surface area contributed by atoms with Crippen molar-refractivity contribution in [3.05, 3.63) is 228 Å². The van der Waals surface area contributed by atoms with Gasteiger partial charge in [-0.2, -0.15) is 0 Å². The molecular formula is C61H50N2. The molecule has 10 aromatic rings. The summed E-state index contributed by atoms with van der Waals surface area (Å²) in [7, 11) is 0. The van der Waals surface area contributed by atoms with Crippen LogP contribution in [0, 0.1) is 0 Å². The van der Waals surface area contributed by atoms with Crippen molar-refractivity contribution in [1.29, 1.82) is 0 Å². The van der Waals surface area contributed by atoms with E-state index in [0.29, 0.717) is 0 Å². The van der Waals surface area contributed by atoms with Crippen molar-refractivity contribution in [3.8, 4) is 27.9 Å². The van der Waals surface area contributed by atoms with Crippen molar-refractivity contribution in [2.24, 2.45) is 0 Å². The summed E-state index contributed by atoms with van der Waals surface area (Å²) in [5, 5.41) is 5.22. The van der Waals surface area contributed by atoms with Gasteiger partial charge in [0.15, 0.2) is 0 Å². The Morgan fingerprint density at radius 3 is 1.48 bits per heavy atom. The first kappa shape index (κ1) is 37.6. The van der Waals surface area contributed by atoms with E-state index in [0.717, 1.165) is 17.1 Å². The normalized spacial score (nSPS) is 13.7. The van der Waals surface area contributed by atoms with Crippen LogP contribution in [0.25, 0.3) is 60.5 Å². The predicted molar refractivity (Wildman–Crippen MR) is 267 cm³/mol. The van der Waals surface area contributed by atoms with E-state index in [1.54, 1.807) is 0 Å². The maximum absolute atomic E-state index is 2.52. The zero-order valence-electron chi connectivity index (χ0n) is 36.9. The molecule has 2 heteroatoms. The molecule has 0 unspecified atom stereocenters. The van der Waals surface area contributed by atoms with Crippen LogP contribution in [0.4, 0.5) is 17.1 Å². The Morgan fingerprint density at radius 2 is 0.905 bits per heavy atom. The van der Waals surface area contributed by atoms with Gasteiger partial charge in [0.25, 0.3) is 0 Å². The molecule has 0 saturated carbocycles. The van der Waals surface area contributed by atoms with Crippen molar-refractivity contribution in [2.45, 2.75) is 57.8 Å². The van der Waals surface area contributed by atoms with Gasteiger partial charge in [0, 0.05) is 33.2 Å². The standard InChI is InChI=1S/C61H50N2/c1-59(2,3)41-27-32-49-47(37-41)48-38-42(60(4,5)6)28-33-50(48)61(49)51-23-16-24-54-57(51)58-55(63(54)45-29-25-40(26-30-45)39-17-10-7-11-18-39)35-31-46-53(36-34-52(61)56(46)58)62(43-19-12-8-13-20-43)44-21-14-9-15-22-44/h7-38H,1-6H3. The fourth-order valence-corrected chi connectivity index (χ4v) is 11.1. The molecule has 1 spiro atoms. The minimum Gasteiger partial charge on any atom is -0.310 e. The molecule has 0 saturated heterocycles. The lowest BCUT2D eigenvalue weighted by Crippen LogP contribution is -2.31. The fraction of sp³-hybridized carbons (Fsp3) is 0.148. The highest BCUT2D eigenvalue weighted by Crippen LogP contribution is 2.63. The van der Waals surface area contributed by atoms with Gasteiger partial charge in [-0.25, -0.2) is 0 Å². The second-order valence-electron chi connectivity index (χ2n) is 19.7. The molecule has 2 aliphatic rings. The highest BCUT2D eigenvalue weighted by molar-refractivity contribution is 6.28. The summed E-state index contributed by atoms with van der Waals surface area (Å²) >= 11 is 0. The summed E-state index contributed by atoms with van der Waals surface area (Å²) in [6.07, 6.45) is 0. The molecular weight excluding hydrogens is 761 g/mol. The summed E-state index contributed by atoms with van der Waals surface area (Å²) in [5.74, 6) is 0. The Labute approximate surface area is 370 Å². The molecule has 1 heterocycles. The molecule has 2 aliphatic carbocycles. The Bertz CT molecular complexity index is 3330. The van der Waals surface area contributed by atoms with E-state index in [2.05, 4.69) is 245 Å². The van der Waals surface area contributed by atoms with Crippen LogP contribution >= 0.6 is 0 Å². The molecule has 0 amide bonds. The number of hydrogen-bond donors (Lipinski definition) is 0. The van der Waals surface area contributed by atoms with Crippen LogP contribution in [0.3, 0.4) is 0 Å². The molecule has 0 aliphatic heterocycles. The largest absolute Gasteiger partial charge is 0.310 e. The van der Waals surface area contributed by atoms with E-state index in [1.165, 1.54) is 93.9 Å². The highest BCUT2D eigenvalue weighted by Gasteiger charge is 2.51. The molecule has 0 atom stereocenters. The van der Waals surface area contributed by atoms with Gasteiger partial charge in [0.05, 0.1) is 22.1 Å². The van der Waals surface area contributed by atoms with Gasteiger partial charge in [-0.15, -0.1) is 0 Å². The average molecular weight is 811 g/mol. The van der Waals surface area contributed by atoms with Crippen LogP contribution < -0.4 is 4.90 Å². The van der Waals surface area contributed by atoms with Crippen molar-refractivity contribution in [3.63, 3.8) is 0 Å². The van der Waals surface area contributed by atoms with Crippen molar-refractivity contribution >= 4 is 49.6 Å². The van der Waals surface area contributed by atoms with Crippen molar-refractivity contribution in [1.82, 2.24) is 4.57 Å². The number of para-hydroxylation sites is 2. The van der Waals surface area contributed by atoms with Crippen LogP contribution in [0.1, 0.15) is 74.9 Å². The second-order valence-corrected chi connectivity index (χ2v) is 19.7. The lowest BCUT2D eigenvalue weighted by molar-refractivity contribution is 0.589. The zero-order chi connectivity index (χ0) is 42.8. The molecule has 0 N–H and O–H groups in total. The van der Waals surface area contributed by atoms with Gasteiger partial charge in [-0.05, 0) is 126 Å². The number of nitrogens with zero attached hydrogens (tertiary/aromatic N) is 2. The average Bonchev–Trinajstić information content (AvgIpc) is 3.80. The first-order valence-corrected chi connectivity index (χ1v) is 22.4. The van der Waals surface area contributed by atoms with Crippen molar-refractivity contribution < 1.29 is 0 Å². The smallest absolute Gasteiger partial charge is 0.0726 e. The minimum absolute atomic E-state index is 0.00153. The third-order valence-corrected chi connectivity index (χ3v) is 14.1. The lowest BCUT2D eigenvalue weighted by Gasteiger charge is -2.39. The summed E-state index contributed by atoms with van der Waals surface area (Å²) in [5.41, 5.74) is 19.8. The number of hydrogen-bond acceptors (Lipinski definition) is 1. The molecule has 12 rings (SSSR count). The van der Waals surface area contributed by atoms with Gasteiger partial charge >= 0.3 is 0 Å². The molecule has 1 aromatic heterocycles.